The van der Waals surface area contributed by atoms with E-state index in [0.717, 1.165) is 18.2 Å². The highest BCUT2D eigenvalue weighted by Crippen LogP contribution is 2.36. The molecule has 0 aliphatic rings. The molecule has 0 unspecified atom stereocenters. The second-order valence-corrected chi connectivity index (χ2v) is 7.57. The third kappa shape index (κ3) is 6.86. The summed E-state index contributed by atoms with van der Waals surface area (Å²) in [6.45, 7) is 4.77. The lowest BCUT2D eigenvalue weighted by Gasteiger charge is -2.20. The Hall–Kier alpha value is -3.31. The van der Waals surface area contributed by atoms with E-state index >= 15 is 0 Å². The van der Waals surface area contributed by atoms with Gasteiger partial charge in [-0.1, -0.05) is 0 Å². The van der Waals surface area contributed by atoms with Gasteiger partial charge in [0.1, 0.15) is 11.4 Å². The molecule has 32 heavy (non-hydrogen) atoms. The van der Waals surface area contributed by atoms with E-state index in [9.17, 15) is 40.3 Å². The highest BCUT2D eigenvalue weighted by atomic mass is 19.4. The van der Waals surface area contributed by atoms with Crippen LogP contribution >= 0.6 is 0 Å². The predicted octanol–water partition coefficient (Wildman–Crippen LogP) is 6.46. The molecule has 2 aromatic rings. The van der Waals surface area contributed by atoms with Crippen LogP contribution in [0.1, 0.15) is 42.3 Å². The number of rotatable bonds is 3. The maximum Gasteiger partial charge on any atom is 0.416 e. The van der Waals surface area contributed by atoms with Crippen LogP contribution in [0.5, 0.6) is 0 Å². The Morgan fingerprint density at radius 1 is 0.812 bits per heavy atom. The van der Waals surface area contributed by atoms with Crippen molar-refractivity contribution >= 4 is 23.4 Å². The first-order valence-corrected chi connectivity index (χ1v) is 8.86. The number of ether oxygens (including phenoxy) is 1. The van der Waals surface area contributed by atoms with Gasteiger partial charge in [-0.3, -0.25) is 10.1 Å². The largest absolute Gasteiger partial charge is 0.444 e. The Kier molecular flexibility index (Phi) is 6.76. The zero-order valence-corrected chi connectivity index (χ0v) is 16.8. The van der Waals surface area contributed by atoms with Crippen molar-refractivity contribution in [3.63, 3.8) is 0 Å². The number of halogens is 7. The van der Waals surface area contributed by atoms with E-state index in [1.54, 1.807) is 20.8 Å². The van der Waals surface area contributed by atoms with Gasteiger partial charge in [0.05, 0.1) is 16.8 Å². The molecule has 174 valence electrons. The molecule has 0 spiro atoms. The summed E-state index contributed by atoms with van der Waals surface area (Å²) in [5.74, 6) is -2.47. The van der Waals surface area contributed by atoms with Crippen molar-refractivity contribution in [2.24, 2.45) is 0 Å². The summed E-state index contributed by atoms with van der Waals surface area (Å²) >= 11 is 0. The average Bonchev–Trinajstić information content (AvgIpc) is 2.61. The van der Waals surface area contributed by atoms with Gasteiger partial charge in [-0.25, -0.2) is 9.18 Å². The standard InChI is InChI=1S/C20H17F7N2O3/c1-18(2,3)32-17(31)28-13-4-5-14(21)15(9-13)29-16(30)10-6-11(19(22,23)24)8-12(7-10)20(25,26)27/h4-9H,1-3H3,(H,28,31)(H,29,30). The summed E-state index contributed by atoms with van der Waals surface area (Å²) in [5, 5.41) is 4.17. The van der Waals surface area contributed by atoms with Crippen LogP contribution in [-0.2, 0) is 17.1 Å². The molecule has 2 rings (SSSR count). The van der Waals surface area contributed by atoms with Gasteiger partial charge in [-0.05, 0) is 57.2 Å². The van der Waals surface area contributed by atoms with Crippen molar-refractivity contribution in [3.8, 4) is 0 Å². The molecule has 5 nitrogen and oxygen atoms in total. The molecule has 0 saturated heterocycles. The lowest BCUT2D eigenvalue weighted by atomic mass is 10.0. The van der Waals surface area contributed by atoms with Crippen LogP contribution in [0.2, 0.25) is 0 Å². The fourth-order valence-electron chi connectivity index (χ4n) is 2.40. The zero-order valence-electron chi connectivity index (χ0n) is 16.8. The first-order chi connectivity index (χ1) is 14.5. The highest BCUT2D eigenvalue weighted by Gasteiger charge is 2.37. The summed E-state index contributed by atoms with van der Waals surface area (Å²) in [4.78, 5) is 24.1. The van der Waals surface area contributed by atoms with Crippen molar-refractivity contribution in [1.82, 2.24) is 0 Å². The minimum Gasteiger partial charge on any atom is -0.444 e. The molecule has 2 N–H and O–H groups in total. The molecule has 0 aliphatic carbocycles. The fourth-order valence-corrected chi connectivity index (χ4v) is 2.40. The number of nitrogens with one attached hydrogen (secondary N) is 2. The summed E-state index contributed by atoms with van der Waals surface area (Å²) < 4.78 is 96.9. The number of benzene rings is 2. The Morgan fingerprint density at radius 2 is 1.34 bits per heavy atom. The Bertz CT molecular complexity index is 993. The first-order valence-electron chi connectivity index (χ1n) is 8.86. The van der Waals surface area contributed by atoms with Crippen LogP contribution in [0, 0.1) is 5.82 Å². The van der Waals surface area contributed by atoms with Crippen molar-refractivity contribution < 1.29 is 45.1 Å². The van der Waals surface area contributed by atoms with Crippen molar-refractivity contribution in [1.29, 1.82) is 0 Å². The zero-order chi connectivity index (χ0) is 24.5. The van der Waals surface area contributed by atoms with E-state index in [4.69, 9.17) is 4.74 Å². The second-order valence-electron chi connectivity index (χ2n) is 7.57. The molecule has 0 radical (unpaired) electrons. The highest BCUT2D eigenvalue weighted by molar-refractivity contribution is 6.05. The van der Waals surface area contributed by atoms with Gasteiger partial charge in [0, 0.05) is 11.3 Å². The van der Waals surface area contributed by atoms with Gasteiger partial charge in [0.25, 0.3) is 5.91 Å². The minimum atomic E-state index is -5.15. The topological polar surface area (TPSA) is 67.4 Å². The maximum atomic E-state index is 14.1. The van der Waals surface area contributed by atoms with E-state index in [2.05, 4.69) is 5.32 Å². The number of hydrogen-bond donors (Lipinski definition) is 2. The molecular formula is C20H17F7N2O3. The molecule has 0 saturated carbocycles. The molecule has 0 heterocycles. The van der Waals surface area contributed by atoms with Gasteiger partial charge in [-0.2, -0.15) is 26.3 Å². The van der Waals surface area contributed by atoms with Crippen molar-refractivity contribution in [2.45, 2.75) is 38.7 Å². The van der Waals surface area contributed by atoms with Crippen LogP contribution < -0.4 is 10.6 Å². The molecule has 2 amide bonds. The molecule has 0 aromatic heterocycles. The monoisotopic (exact) mass is 466 g/mol. The summed E-state index contributed by atoms with van der Waals surface area (Å²) in [5.41, 5.74) is -5.86. The third-order valence-corrected chi connectivity index (χ3v) is 3.71. The number of carbonyl (C=O) groups excluding carboxylic acids is 2. The number of amides is 2. The predicted molar refractivity (Wildman–Crippen MR) is 101 cm³/mol. The Labute approximate surface area is 177 Å². The second kappa shape index (κ2) is 8.67. The lowest BCUT2D eigenvalue weighted by Crippen LogP contribution is -2.27. The summed E-state index contributed by atoms with van der Waals surface area (Å²) in [6, 6.07) is 3.16. The van der Waals surface area contributed by atoms with Crippen LogP contribution in [-0.4, -0.2) is 17.6 Å². The van der Waals surface area contributed by atoms with Crippen molar-refractivity contribution in [3.05, 3.63) is 58.9 Å². The maximum absolute atomic E-state index is 14.1. The van der Waals surface area contributed by atoms with Crippen LogP contribution in [0.25, 0.3) is 0 Å². The first kappa shape index (κ1) is 25.0. The normalized spacial score (nSPS) is 12.3. The molecular weight excluding hydrogens is 449 g/mol. The van der Waals surface area contributed by atoms with Gasteiger partial charge in [0.2, 0.25) is 0 Å². The van der Waals surface area contributed by atoms with E-state index in [1.165, 1.54) is 0 Å². The summed E-state index contributed by atoms with van der Waals surface area (Å²) in [6.07, 6.45) is -11.2. The molecule has 2 aromatic carbocycles. The quantitative estimate of drug-likeness (QED) is 0.510. The molecule has 0 aliphatic heterocycles. The third-order valence-electron chi connectivity index (χ3n) is 3.71. The van der Waals surface area contributed by atoms with Crippen LogP contribution in [0.4, 0.5) is 46.9 Å². The summed E-state index contributed by atoms with van der Waals surface area (Å²) in [7, 11) is 0. The van der Waals surface area contributed by atoms with Gasteiger partial charge in [0.15, 0.2) is 0 Å². The van der Waals surface area contributed by atoms with Gasteiger partial charge < -0.3 is 10.1 Å². The lowest BCUT2D eigenvalue weighted by molar-refractivity contribution is -0.143. The number of carbonyl (C=O) groups is 2. The van der Waals surface area contributed by atoms with E-state index in [-0.39, 0.29) is 23.9 Å². The molecule has 0 bridgehead atoms. The van der Waals surface area contributed by atoms with E-state index < -0.39 is 58.1 Å². The van der Waals surface area contributed by atoms with Gasteiger partial charge >= 0.3 is 18.4 Å². The minimum absolute atomic E-state index is 0.0454. The number of hydrogen-bond acceptors (Lipinski definition) is 3. The van der Waals surface area contributed by atoms with Crippen molar-refractivity contribution in [2.75, 3.05) is 10.6 Å². The SMILES string of the molecule is CC(C)(C)OC(=O)Nc1ccc(F)c(NC(=O)c2cc(C(F)(F)F)cc(C(F)(F)F)c2)c1. The van der Waals surface area contributed by atoms with Gasteiger partial charge in [-0.15, -0.1) is 0 Å². The molecule has 0 fully saturated rings. The fraction of sp³-hybridized carbons (Fsp3) is 0.300. The smallest absolute Gasteiger partial charge is 0.416 e. The molecule has 0 atom stereocenters. The van der Waals surface area contributed by atoms with E-state index in [0.29, 0.717) is 0 Å². The average molecular weight is 466 g/mol. The van der Waals surface area contributed by atoms with Crippen LogP contribution in [0.3, 0.4) is 0 Å². The van der Waals surface area contributed by atoms with E-state index in [1.807, 2.05) is 5.32 Å². The number of anilines is 2. The molecule has 12 heteroatoms. The number of alkyl halides is 6. The Morgan fingerprint density at radius 3 is 1.81 bits per heavy atom. The van der Waals surface area contributed by atoms with Crippen LogP contribution in [0.15, 0.2) is 36.4 Å². The Balaban J connectivity index is 2.33.